The standard InChI is InChI=1S/C36H28O7.C14H12N2O2S/c37-29-19-28(40-21-24-10-4-1-5-11-24)20-32-33(29)34(38)35(39)36(43-32)27-16-17-30(41-22-25-12-6-2-7-13-25)31(18-27)42-23-26-14-8-3-9-15-26;1-19(17,18)11-7-8-12-13(9-11)16-14(15-12)10-5-3-2-4-6-10/h1-20,37,39H,21-23H2;2-9H,1H3,(H,15,16). The Morgan fingerprint density at radius 2 is 1.18 bits per heavy atom. The molecule has 62 heavy (non-hydrogen) atoms. The van der Waals surface area contributed by atoms with Gasteiger partial charge in [0, 0.05) is 29.5 Å². The maximum Gasteiger partial charge on any atom is 0.238 e. The maximum absolute atomic E-state index is 13.2. The number of sulfone groups is 1. The number of phenols is 1. The lowest BCUT2D eigenvalue weighted by Gasteiger charge is -2.15. The summed E-state index contributed by atoms with van der Waals surface area (Å²) in [6, 6.07) is 51.5. The van der Waals surface area contributed by atoms with Gasteiger partial charge in [0.15, 0.2) is 27.1 Å². The van der Waals surface area contributed by atoms with E-state index in [2.05, 4.69) is 9.97 Å². The van der Waals surface area contributed by atoms with E-state index in [1.165, 1.54) is 18.4 Å². The molecule has 0 aliphatic heterocycles. The molecule has 9 aromatic rings. The Bertz CT molecular complexity index is 3140. The molecule has 2 aromatic heterocycles. The summed E-state index contributed by atoms with van der Waals surface area (Å²) in [5.41, 5.74) is 5.03. The number of nitrogens with zero attached hydrogens (tertiary/aromatic N) is 1. The summed E-state index contributed by atoms with van der Waals surface area (Å²) in [5, 5.41) is 21.4. The van der Waals surface area contributed by atoms with E-state index in [0.29, 0.717) is 34.3 Å². The first-order valence-corrected chi connectivity index (χ1v) is 21.4. The van der Waals surface area contributed by atoms with Crippen molar-refractivity contribution in [1.82, 2.24) is 9.97 Å². The SMILES string of the molecule is CS(=O)(=O)c1ccc2nc(-c3ccccc3)[nH]c2c1.O=c1c(O)c(-c2ccc(OCc3ccccc3)c(OCc3ccccc3)c2)oc2cc(OCc3ccccc3)cc(O)c12. The number of nitrogens with one attached hydrogen (secondary N) is 1. The van der Waals surface area contributed by atoms with Gasteiger partial charge in [0.05, 0.1) is 15.9 Å². The molecule has 0 saturated carbocycles. The summed E-state index contributed by atoms with van der Waals surface area (Å²) in [6.45, 7) is 0.854. The Kier molecular flexibility index (Phi) is 12.0. The van der Waals surface area contributed by atoms with Crippen molar-refractivity contribution < 1.29 is 37.3 Å². The Morgan fingerprint density at radius 3 is 1.77 bits per heavy atom. The van der Waals surface area contributed by atoms with E-state index in [0.717, 1.165) is 39.1 Å². The average molecular weight is 845 g/mol. The number of fused-ring (bicyclic) bond motifs is 2. The minimum atomic E-state index is -3.20. The number of ether oxygens (including phenoxy) is 3. The van der Waals surface area contributed by atoms with Gasteiger partial charge in [0.25, 0.3) is 0 Å². The summed E-state index contributed by atoms with van der Waals surface area (Å²) >= 11 is 0. The van der Waals surface area contributed by atoms with Gasteiger partial charge in [-0.25, -0.2) is 13.4 Å². The molecule has 2 heterocycles. The van der Waals surface area contributed by atoms with Crippen LogP contribution in [0.4, 0.5) is 0 Å². The predicted molar refractivity (Wildman–Crippen MR) is 238 cm³/mol. The van der Waals surface area contributed by atoms with Gasteiger partial charge in [-0.05, 0) is 53.1 Å². The topological polar surface area (TPSA) is 161 Å². The molecule has 0 radical (unpaired) electrons. The Labute approximate surface area is 357 Å². The molecule has 7 aromatic carbocycles. The monoisotopic (exact) mass is 844 g/mol. The smallest absolute Gasteiger partial charge is 0.238 e. The van der Waals surface area contributed by atoms with Crippen LogP contribution in [0.15, 0.2) is 184 Å². The minimum absolute atomic E-state index is 0.0667. The second kappa shape index (κ2) is 18.2. The van der Waals surface area contributed by atoms with Crippen LogP contribution in [0.2, 0.25) is 0 Å². The zero-order valence-corrected chi connectivity index (χ0v) is 34.2. The van der Waals surface area contributed by atoms with Crippen LogP contribution < -0.4 is 19.6 Å². The van der Waals surface area contributed by atoms with E-state index < -0.39 is 21.0 Å². The second-order valence-corrected chi connectivity index (χ2v) is 16.3. The molecule has 3 N–H and O–H groups in total. The highest BCUT2D eigenvalue weighted by Gasteiger charge is 2.21. The molecule has 9 rings (SSSR count). The van der Waals surface area contributed by atoms with Crippen LogP contribution >= 0.6 is 0 Å². The molecule has 0 spiro atoms. The number of phenolic OH excluding ortho intramolecular Hbond substituents is 1. The molecule has 0 saturated heterocycles. The van der Waals surface area contributed by atoms with Gasteiger partial charge in [-0.2, -0.15) is 0 Å². The molecule has 0 aliphatic rings. The molecule has 12 heteroatoms. The summed E-state index contributed by atoms with van der Waals surface area (Å²) in [4.78, 5) is 21.1. The highest BCUT2D eigenvalue weighted by atomic mass is 32.2. The lowest BCUT2D eigenvalue weighted by molar-refractivity contribution is 0.256. The highest BCUT2D eigenvalue weighted by molar-refractivity contribution is 7.90. The van der Waals surface area contributed by atoms with Gasteiger partial charge in [-0.15, -0.1) is 0 Å². The maximum atomic E-state index is 13.2. The largest absolute Gasteiger partial charge is 0.507 e. The summed E-state index contributed by atoms with van der Waals surface area (Å²) in [7, 11) is -3.20. The predicted octanol–water partition coefficient (Wildman–Crippen LogP) is 10.2. The van der Waals surface area contributed by atoms with Crippen molar-refractivity contribution in [3.05, 3.63) is 197 Å². The van der Waals surface area contributed by atoms with Crippen molar-refractivity contribution >= 4 is 31.8 Å². The van der Waals surface area contributed by atoms with Crippen molar-refractivity contribution in [3.63, 3.8) is 0 Å². The first-order valence-electron chi connectivity index (χ1n) is 19.5. The van der Waals surface area contributed by atoms with Crippen LogP contribution in [0.1, 0.15) is 16.7 Å². The van der Waals surface area contributed by atoms with Crippen molar-refractivity contribution in [2.24, 2.45) is 0 Å². The number of rotatable bonds is 12. The van der Waals surface area contributed by atoms with Gasteiger partial charge in [-0.3, -0.25) is 4.79 Å². The van der Waals surface area contributed by atoms with E-state index in [9.17, 15) is 23.4 Å². The number of hydrogen-bond donors (Lipinski definition) is 3. The second-order valence-electron chi connectivity index (χ2n) is 14.3. The number of imidazole rings is 1. The number of aromatic hydroxyl groups is 2. The van der Waals surface area contributed by atoms with Crippen LogP contribution in [-0.4, -0.2) is 34.9 Å². The first-order chi connectivity index (χ1) is 30.1. The zero-order chi connectivity index (χ0) is 43.1. The molecule has 0 amide bonds. The Hall–Kier alpha value is -7.83. The number of aromatic amines is 1. The van der Waals surface area contributed by atoms with Gasteiger partial charge >= 0.3 is 0 Å². The lowest BCUT2D eigenvalue weighted by atomic mass is 10.1. The van der Waals surface area contributed by atoms with Gasteiger partial charge in [0.1, 0.15) is 48.1 Å². The van der Waals surface area contributed by atoms with Crippen LogP contribution in [0.25, 0.3) is 44.7 Å². The molecular formula is C50H40N2O9S. The quantitative estimate of drug-likeness (QED) is 0.108. The van der Waals surface area contributed by atoms with E-state index in [-0.39, 0.29) is 35.7 Å². The first kappa shape index (κ1) is 40.9. The van der Waals surface area contributed by atoms with Gasteiger partial charge < -0.3 is 33.8 Å². The van der Waals surface area contributed by atoms with E-state index in [1.54, 1.807) is 36.4 Å². The fourth-order valence-electron chi connectivity index (χ4n) is 6.59. The number of H-pyrrole nitrogens is 1. The van der Waals surface area contributed by atoms with Crippen molar-refractivity contribution in [2.75, 3.05) is 6.26 Å². The summed E-state index contributed by atoms with van der Waals surface area (Å²) in [6.07, 6.45) is 1.20. The molecule has 11 nitrogen and oxygen atoms in total. The minimum Gasteiger partial charge on any atom is -0.507 e. The van der Waals surface area contributed by atoms with Crippen LogP contribution in [0, 0.1) is 0 Å². The molecule has 0 bridgehead atoms. The third-order valence-corrected chi connectivity index (χ3v) is 10.9. The summed E-state index contributed by atoms with van der Waals surface area (Å²) < 4.78 is 47.2. The van der Waals surface area contributed by atoms with E-state index in [1.807, 2.05) is 121 Å². The summed E-state index contributed by atoms with van der Waals surface area (Å²) in [5.74, 6) is 0.880. The fraction of sp³-hybridized carbons (Fsp3) is 0.0800. The number of hydrogen-bond acceptors (Lipinski definition) is 10. The van der Waals surface area contributed by atoms with Gasteiger partial charge in [0.2, 0.25) is 11.2 Å². The molecule has 0 unspecified atom stereocenters. The zero-order valence-electron chi connectivity index (χ0n) is 33.4. The fourth-order valence-corrected chi connectivity index (χ4v) is 7.24. The average Bonchev–Trinajstić information content (AvgIpc) is 3.73. The van der Waals surface area contributed by atoms with Crippen molar-refractivity contribution in [1.29, 1.82) is 0 Å². The number of benzene rings is 7. The number of aromatic nitrogens is 2. The molecule has 0 aliphatic carbocycles. The lowest BCUT2D eigenvalue weighted by Crippen LogP contribution is -2.04. The van der Waals surface area contributed by atoms with Gasteiger partial charge in [-0.1, -0.05) is 121 Å². The van der Waals surface area contributed by atoms with Crippen molar-refractivity contribution in [3.8, 4) is 51.5 Å². The molecule has 310 valence electrons. The van der Waals surface area contributed by atoms with Crippen LogP contribution in [-0.2, 0) is 29.7 Å². The molecule has 0 atom stereocenters. The normalized spacial score (nSPS) is 11.2. The Balaban J connectivity index is 0.000000231. The molecular weight excluding hydrogens is 805 g/mol. The van der Waals surface area contributed by atoms with Crippen LogP contribution in [0.3, 0.4) is 0 Å². The molecule has 0 fully saturated rings. The van der Waals surface area contributed by atoms with E-state index in [4.69, 9.17) is 18.6 Å². The third kappa shape index (κ3) is 9.62. The highest BCUT2D eigenvalue weighted by Crippen LogP contribution is 2.39. The third-order valence-electron chi connectivity index (χ3n) is 9.78. The Morgan fingerprint density at radius 1 is 0.613 bits per heavy atom. The van der Waals surface area contributed by atoms with E-state index >= 15 is 0 Å². The van der Waals surface area contributed by atoms with Crippen molar-refractivity contribution in [2.45, 2.75) is 24.7 Å². The van der Waals surface area contributed by atoms with Crippen LogP contribution in [0.5, 0.6) is 28.7 Å².